The number of methoxy groups -OCH3 is 1. The number of thiophene rings is 1. The molecule has 3 aliphatic heterocycles. The van der Waals surface area contributed by atoms with Gasteiger partial charge in [0.15, 0.2) is 11.6 Å². The van der Waals surface area contributed by atoms with Gasteiger partial charge in [-0.15, -0.1) is 11.3 Å². The number of nitriles is 1. The van der Waals surface area contributed by atoms with E-state index in [-0.39, 0.29) is 78.7 Å². The molecule has 3 aliphatic rings. The number of alkyl halides is 1. The maximum absolute atomic E-state index is 17.0. The Morgan fingerprint density at radius 1 is 1.29 bits per heavy atom. The van der Waals surface area contributed by atoms with E-state index in [1.165, 1.54) is 12.1 Å². The number of benzene rings is 2. The number of anilines is 2. The molecule has 5 heterocycles. The van der Waals surface area contributed by atoms with E-state index < -0.39 is 23.3 Å². The van der Waals surface area contributed by atoms with E-state index in [4.69, 9.17) is 36.5 Å². The van der Waals surface area contributed by atoms with E-state index in [2.05, 4.69) is 9.88 Å². The van der Waals surface area contributed by atoms with Crippen LogP contribution in [0.3, 0.4) is 0 Å². The zero-order chi connectivity index (χ0) is 31.6. The van der Waals surface area contributed by atoms with Crippen molar-refractivity contribution in [3.05, 3.63) is 34.4 Å². The number of hydrogen-bond acceptors (Lipinski definition) is 10. The molecule has 0 radical (unpaired) electrons. The first-order valence-electron chi connectivity index (χ1n) is 14.7. The molecule has 7 rings (SSSR count). The van der Waals surface area contributed by atoms with Gasteiger partial charge < -0.3 is 24.8 Å². The van der Waals surface area contributed by atoms with E-state index in [0.717, 1.165) is 30.7 Å². The minimum absolute atomic E-state index is 0.0294. The van der Waals surface area contributed by atoms with Crippen LogP contribution in [-0.2, 0) is 4.74 Å². The highest BCUT2D eigenvalue weighted by atomic mass is 35.5. The summed E-state index contributed by atoms with van der Waals surface area (Å²) < 4.78 is 64.3. The van der Waals surface area contributed by atoms with Gasteiger partial charge in [0.2, 0.25) is 0 Å². The van der Waals surface area contributed by atoms with Gasteiger partial charge in [-0.1, -0.05) is 17.7 Å². The molecule has 0 aliphatic carbocycles. The third-order valence-electron chi connectivity index (χ3n) is 9.18. The number of fused-ring (bicyclic) bond motifs is 2. The van der Waals surface area contributed by atoms with Crippen LogP contribution in [0, 0.1) is 23.0 Å². The SMILES string of the molecule is COCCN1c2nc(OC[C@@]34CCCN3C[C@H](F)C4)nc3c(F)c(-c4ccc(F)c5sc(N)c(C#N)c45)c(Cl)c(c23)OC[C@@H]1C. The monoisotopic (exact) mass is 658 g/mol. The second kappa shape index (κ2) is 11.3. The van der Waals surface area contributed by atoms with E-state index in [1.807, 2.05) is 17.9 Å². The number of ether oxygens (including phenoxy) is 3. The van der Waals surface area contributed by atoms with Crippen molar-refractivity contribution in [3.8, 4) is 29.0 Å². The lowest BCUT2D eigenvalue weighted by molar-refractivity contribution is 0.107. The third-order valence-corrected chi connectivity index (χ3v) is 10.6. The molecule has 236 valence electrons. The van der Waals surface area contributed by atoms with Gasteiger partial charge in [-0.05, 0) is 37.9 Å². The number of hydrogen-bond donors (Lipinski definition) is 1. The highest BCUT2D eigenvalue weighted by Gasteiger charge is 2.49. The normalized spacial score (nSPS) is 22.9. The maximum atomic E-state index is 17.0. The van der Waals surface area contributed by atoms with E-state index >= 15 is 4.39 Å². The molecule has 2 aromatic carbocycles. The average molecular weight is 659 g/mol. The highest BCUT2D eigenvalue weighted by molar-refractivity contribution is 7.23. The number of rotatable bonds is 7. The zero-order valence-electron chi connectivity index (χ0n) is 24.6. The van der Waals surface area contributed by atoms with Crippen LogP contribution in [0.15, 0.2) is 12.1 Å². The van der Waals surface area contributed by atoms with Crippen LogP contribution in [0.2, 0.25) is 5.02 Å². The second-order valence-electron chi connectivity index (χ2n) is 11.8. The van der Waals surface area contributed by atoms with Gasteiger partial charge >= 0.3 is 6.01 Å². The highest BCUT2D eigenvalue weighted by Crippen LogP contribution is 2.51. The van der Waals surface area contributed by atoms with Crippen molar-refractivity contribution in [1.29, 1.82) is 5.26 Å². The van der Waals surface area contributed by atoms with Crippen LogP contribution in [0.1, 0.15) is 31.7 Å². The number of nitrogens with zero attached hydrogens (tertiary/aromatic N) is 5. The Hall–Kier alpha value is -3.57. The van der Waals surface area contributed by atoms with Crippen molar-refractivity contribution >= 4 is 54.7 Å². The molecule has 2 saturated heterocycles. The third kappa shape index (κ3) is 4.72. The summed E-state index contributed by atoms with van der Waals surface area (Å²) in [7, 11) is 1.59. The topological polar surface area (TPSA) is 110 Å². The molecule has 2 aromatic heterocycles. The Labute approximate surface area is 266 Å². The van der Waals surface area contributed by atoms with Crippen molar-refractivity contribution in [2.75, 3.05) is 57.2 Å². The molecular formula is C31H30ClF3N6O3S. The zero-order valence-corrected chi connectivity index (χ0v) is 26.2. The van der Waals surface area contributed by atoms with Crippen LogP contribution < -0.4 is 20.1 Å². The van der Waals surface area contributed by atoms with Crippen LogP contribution >= 0.6 is 22.9 Å². The first-order valence-corrected chi connectivity index (χ1v) is 15.9. The molecule has 0 spiro atoms. The molecule has 0 amide bonds. The Balaban J connectivity index is 1.45. The van der Waals surface area contributed by atoms with Gasteiger partial charge in [-0.25, -0.2) is 13.2 Å². The van der Waals surface area contributed by atoms with Gasteiger partial charge in [0.1, 0.15) is 47.6 Å². The Morgan fingerprint density at radius 3 is 2.89 bits per heavy atom. The molecule has 3 atom stereocenters. The summed E-state index contributed by atoms with van der Waals surface area (Å²) in [4.78, 5) is 13.3. The fourth-order valence-corrected chi connectivity index (χ4v) is 8.34. The van der Waals surface area contributed by atoms with E-state index in [0.29, 0.717) is 31.9 Å². The first kappa shape index (κ1) is 30.1. The lowest BCUT2D eigenvalue weighted by Crippen LogP contribution is -2.43. The lowest BCUT2D eigenvalue weighted by atomic mass is 9.95. The summed E-state index contributed by atoms with van der Waals surface area (Å²) in [5, 5.41) is 10.3. The first-order chi connectivity index (χ1) is 21.7. The summed E-state index contributed by atoms with van der Waals surface area (Å²) in [5.74, 6) is -0.891. The second-order valence-corrected chi connectivity index (χ2v) is 13.3. The molecule has 14 heteroatoms. The fourth-order valence-electron chi connectivity index (χ4n) is 7.05. The van der Waals surface area contributed by atoms with Gasteiger partial charge in [0.25, 0.3) is 0 Å². The molecule has 2 fully saturated rings. The van der Waals surface area contributed by atoms with Crippen molar-refractivity contribution in [1.82, 2.24) is 14.9 Å². The molecule has 0 saturated carbocycles. The number of aromatic nitrogens is 2. The molecule has 4 aromatic rings. The van der Waals surface area contributed by atoms with Crippen LogP contribution in [0.4, 0.5) is 24.0 Å². The summed E-state index contributed by atoms with van der Waals surface area (Å²) in [6, 6.07) is 4.28. The number of halogens is 4. The molecule has 0 bridgehead atoms. The van der Waals surface area contributed by atoms with E-state index in [9.17, 15) is 14.0 Å². The minimum atomic E-state index is -0.944. The van der Waals surface area contributed by atoms with E-state index in [1.54, 1.807) is 7.11 Å². The molecule has 0 unspecified atom stereocenters. The Kier molecular flexibility index (Phi) is 7.59. The van der Waals surface area contributed by atoms with Gasteiger partial charge in [-0.3, -0.25) is 4.90 Å². The summed E-state index contributed by atoms with van der Waals surface area (Å²) in [6.45, 7) is 4.18. The van der Waals surface area contributed by atoms with Crippen LogP contribution in [0.25, 0.3) is 32.1 Å². The summed E-state index contributed by atoms with van der Waals surface area (Å²) in [6.07, 6.45) is 1.12. The van der Waals surface area contributed by atoms with Crippen molar-refractivity contribution in [2.45, 2.75) is 43.9 Å². The van der Waals surface area contributed by atoms with Gasteiger partial charge in [0.05, 0.1) is 38.9 Å². The Morgan fingerprint density at radius 2 is 2.11 bits per heavy atom. The van der Waals surface area contributed by atoms with Crippen molar-refractivity contribution < 1.29 is 27.4 Å². The molecule has 2 N–H and O–H groups in total. The molecular weight excluding hydrogens is 629 g/mol. The number of nitrogens with two attached hydrogens (primary N) is 1. The van der Waals surface area contributed by atoms with Crippen molar-refractivity contribution in [2.24, 2.45) is 0 Å². The molecule has 45 heavy (non-hydrogen) atoms. The summed E-state index contributed by atoms with van der Waals surface area (Å²) in [5.41, 5.74) is 5.58. The van der Waals surface area contributed by atoms with Gasteiger partial charge in [0, 0.05) is 37.6 Å². The quantitative estimate of drug-likeness (QED) is 0.252. The van der Waals surface area contributed by atoms with Crippen molar-refractivity contribution in [3.63, 3.8) is 0 Å². The average Bonchev–Trinajstić information content (AvgIpc) is 3.63. The predicted molar refractivity (Wildman–Crippen MR) is 167 cm³/mol. The summed E-state index contributed by atoms with van der Waals surface area (Å²) >= 11 is 7.87. The number of nitrogen functional groups attached to an aromatic ring is 1. The largest absolute Gasteiger partial charge is 0.489 e. The fraction of sp³-hybridized carbons (Fsp3) is 0.452. The standard InChI is InChI=1S/C31H30ClF3N6O3S/c1-15-13-43-26-22-25(24(35)21(23(26)32)17-4-5-19(34)27-20(17)18(11-36)28(37)45-27)38-30(39-29(22)41(15)8-9-42-2)44-14-31-6-3-7-40(31)12-16(33)10-31/h4-5,15-16H,3,6-10,12-14,37H2,1-2H3/t15-,16+,31-/m0/s1. The van der Waals surface area contributed by atoms with Crippen LogP contribution in [-0.4, -0.2) is 79.2 Å². The smallest absolute Gasteiger partial charge is 0.319 e. The Bertz CT molecular complexity index is 1890. The predicted octanol–water partition coefficient (Wildman–Crippen LogP) is 6.09. The minimum Gasteiger partial charge on any atom is -0.489 e. The molecule has 9 nitrogen and oxygen atoms in total. The lowest BCUT2D eigenvalue weighted by Gasteiger charge is -2.31. The van der Waals surface area contributed by atoms with Crippen LogP contribution in [0.5, 0.6) is 11.8 Å². The van der Waals surface area contributed by atoms with Gasteiger partial charge in [-0.2, -0.15) is 15.2 Å². The maximum Gasteiger partial charge on any atom is 0.319 e.